The molecule has 4 nitrogen and oxygen atoms in total. The van der Waals surface area contributed by atoms with Gasteiger partial charge in [0.15, 0.2) is 0 Å². The first kappa shape index (κ1) is 17.0. The monoisotopic (exact) mass is 260 g/mol. The summed E-state index contributed by atoms with van der Waals surface area (Å²) in [5.74, 6) is 0.443. The van der Waals surface area contributed by atoms with E-state index in [4.69, 9.17) is 5.73 Å². The minimum absolute atomic E-state index is 0.443. The molecule has 2 aromatic heterocycles. The molecule has 2 N–H and O–H groups in total. The molecule has 2 rings (SSSR count). The first-order valence-corrected chi connectivity index (χ1v) is 6.67. The molecule has 2 aromatic rings. The van der Waals surface area contributed by atoms with Gasteiger partial charge in [0, 0.05) is 13.2 Å². The maximum absolute atomic E-state index is 5.69. The fourth-order valence-electron chi connectivity index (χ4n) is 1.36. The number of hydrogen-bond donors (Lipinski definition) is 1. The van der Waals surface area contributed by atoms with Crippen molar-refractivity contribution in [2.45, 2.75) is 34.6 Å². The second-order valence-electron chi connectivity index (χ2n) is 3.36. The van der Waals surface area contributed by atoms with E-state index in [1.54, 1.807) is 7.05 Å². The Bertz CT molecular complexity index is 533. The molecule has 0 amide bonds. The molecule has 0 bridgehead atoms. The van der Waals surface area contributed by atoms with E-state index in [1.807, 2.05) is 59.0 Å². The third kappa shape index (κ3) is 4.66. The van der Waals surface area contributed by atoms with E-state index in [0.717, 1.165) is 16.6 Å². The highest BCUT2D eigenvalue weighted by atomic mass is 14.9. The highest BCUT2D eigenvalue weighted by Crippen LogP contribution is 2.11. The number of aryl methyl sites for hydroxylation is 1. The zero-order chi connectivity index (χ0) is 14.8. The molecular weight excluding hydrogens is 236 g/mol. The van der Waals surface area contributed by atoms with Crippen molar-refractivity contribution >= 4 is 16.9 Å². The zero-order valence-electron chi connectivity index (χ0n) is 12.7. The van der Waals surface area contributed by atoms with Crippen LogP contribution in [0.25, 0.3) is 11.0 Å². The van der Waals surface area contributed by atoms with Crippen LogP contribution in [0.4, 0.5) is 0 Å². The Morgan fingerprint density at radius 2 is 1.74 bits per heavy atom. The minimum atomic E-state index is 0.443. The smallest absolute Gasteiger partial charge is 0.144 e. The standard InChI is InChI=1S/C11H12N4.2C2H6/c1-7-5-10-8(14-6-7)3-4-9(15-10)11(12)13-2;2*1-2/h3-6H,1-2H3,(H2,12,13);2*1-2H3. The van der Waals surface area contributed by atoms with Crippen molar-refractivity contribution < 1.29 is 0 Å². The van der Waals surface area contributed by atoms with Crippen LogP contribution in [0.5, 0.6) is 0 Å². The van der Waals surface area contributed by atoms with Gasteiger partial charge in [-0.3, -0.25) is 9.98 Å². The van der Waals surface area contributed by atoms with E-state index in [-0.39, 0.29) is 0 Å². The average Bonchev–Trinajstić information content (AvgIpc) is 2.49. The van der Waals surface area contributed by atoms with Gasteiger partial charge in [0.25, 0.3) is 0 Å². The lowest BCUT2D eigenvalue weighted by molar-refractivity contribution is 1.26. The van der Waals surface area contributed by atoms with Crippen molar-refractivity contribution in [1.82, 2.24) is 9.97 Å². The molecule has 0 radical (unpaired) electrons. The number of hydrogen-bond acceptors (Lipinski definition) is 3. The number of aromatic nitrogens is 2. The lowest BCUT2D eigenvalue weighted by atomic mass is 10.2. The van der Waals surface area contributed by atoms with Crippen LogP contribution < -0.4 is 5.73 Å². The number of fused-ring (bicyclic) bond motifs is 1. The van der Waals surface area contributed by atoms with Crippen LogP contribution in [0, 0.1) is 6.92 Å². The van der Waals surface area contributed by atoms with Gasteiger partial charge in [0.2, 0.25) is 0 Å². The largest absolute Gasteiger partial charge is 0.382 e. The van der Waals surface area contributed by atoms with Crippen LogP contribution in [0.1, 0.15) is 39.0 Å². The number of rotatable bonds is 1. The minimum Gasteiger partial charge on any atom is -0.382 e. The molecule has 0 unspecified atom stereocenters. The molecule has 0 saturated carbocycles. The van der Waals surface area contributed by atoms with E-state index < -0.39 is 0 Å². The first-order chi connectivity index (χ1) is 9.20. The molecule has 0 aliphatic heterocycles. The van der Waals surface area contributed by atoms with Crippen molar-refractivity contribution in [1.29, 1.82) is 0 Å². The maximum Gasteiger partial charge on any atom is 0.144 e. The highest BCUT2D eigenvalue weighted by Gasteiger charge is 2.02. The van der Waals surface area contributed by atoms with Gasteiger partial charge in [-0.15, -0.1) is 0 Å². The normalized spacial score (nSPS) is 10.1. The molecule has 4 heteroatoms. The van der Waals surface area contributed by atoms with Crippen molar-refractivity contribution in [2.24, 2.45) is 10.7 Å². The molecule has 0 aliphatic carbocycles. The molecule has 0 saturated heterocycles. The summed E-state index contributed by atoms with van der Waals surface area (Å²) in [6, 6.07) is 5.71. The number of amidine groups is 1. The Kier molecular flexibility index (Phi) is 8.09. The lowest BCUT2D eigenvalue weighted by Crippen LogP contribution is -2.14. The summed E-state index contributed by atoms with van der Waals surface area (Å²) in [4.78, 5) is 12.6. The number of pyridine rings is 2. The average molecular weight is 260 g/mol. The summed E-state index contributed by atoms with van der Waals surface area (Å²) in [7, 11) is 1.65. The predicted octanol–water partition coefficient (Wildman–Crippen LogP) is 3.33. The second-order valence-corrected chi connectivity index (χ2v) is 3.36. The summed E-state index contributed by atoms with van der Waals surface area (Å²) in [5, 5.41) is 0. The van der Waals surface area contributed by atoms with Gasteiger partial charge in [0.05, 0.1) is 11.0 Å². The SMILES string of the molecule is CC.CC.CN=C(N)c1ccc2ncc(C)cc2n1. The summed E-state index contributed by atoms with van der Waals surface area (Å²) in [6.07, 6.45) is 1.82. The van der Waals surface area contributed by atoms with Gasteiger partial charge in [-0.25, -0.2) is 4.98 Å². The lowest BCUT2D eigenvalue weighted by Gasteiger charge is -2.01. The van der Waals surface area contributed by atoms with Gasteiger partial charge >= 0.3 is 0 Å². The molecule has 0 aliphatic rings. The summed E-state index contributed by atoms with van der Waals surface area (Å²) >= 11 is 0. The van der Waals surface area contributed by atoms with Crippen LogP contribution in [0.2, 0.25) is 0 Å². The van der Waals surface area contributed by atoms with E-state index >= 15 is 0 Å². The molecule has 0 fully saturated rings. The van der Waals surface area contributed by atoms with Gasteiger partial charge in [0.1, 0.15) is 11.5 Å². The Morgan fingerprint density at radius 1 is 1.11 bits per heavy atom. The number of nitrogens with zero attached hydrogens (tertiary/aromatic N) is 3. The van der Waals surface area contributed by atoms with E-state index in [0.29, 0.717) is 11.5 Å². The van der Waals surface area contributed by atoms with E-state index in [1.165, 1.54) is 0 Å². The Balaban J connectivity index is 0.000000741. The molecule has 19 heavy (non-hydrogen) atoms. The van der Waals surface area contributed by atoms with Gasteiger partial charge in [-0.05, 0) is 30.7 Å². The van der Waals surface area contributed by atoms with Gasteiger partial charge < -0.3 is 5.73 Å². The Labute approximate surface area is 115 Å². The van der Waals surface area contributed by atoms with Crippen LogP contribution in [0.15, 0.2) is 29.4 Å². The van der Waals surface area contributed by atoms with E-state index in [9.17, 15) is 0 Å². The third-order valence-electron chi connectivity index (χ3n) is 2.18. The van der Waals surface area contributed by atoms with Crippen LogP contribution in [-0.4, -0.2) is 22.9 Å². The van der Waals surface area contributed by atoms with Crippen molar-refractivity contribution in [3.63, 3.8) is 0 Å². The van der Waals surface area contributed by atoms with Crippen molar-refractivity contribution in [2.75, 3.05) is 7.05 Å². The van der Waals surface area contributed by atoms with Crippen LogP contribution >= 0.6 is 0 Å². The topological polar surface area (TPSA) is 64.2 Å². The Hall–Kier alpha value is -1.97. The zero-order valence-corrected chi connectivity index (χ0v) is 12.7. The summed E-state index contributed by atoms with van der Waals surface area (Å²) in [6.45, 7) is 9.98. The summed E-state index contributed by atoms with van der Waals surface area (Å²) in [5.41, 5.74) is 9.18. The van der Waals surface area contributed by atoms with Crippen molar-refractivity contribution in [3.8, 4) is 0 Å². The molecular formula is C15H24N4. The second kappa shape index (κ2) is 9.03. The van der Waals surface area contributed by atoms with Crippen molar-refractivity contribution in [3.05, 3.63) is 35.7 Å². The first-order valence-electron chi connectivity index (χ1n) is 6.67. The molecule has 0 atom stereocenters. The van der Waals surface area contributed by atoms with Gasteiger partial charge in [-0.2, -0.15) is 0 Å². The van der Waals surface area contributed by atoms with Crippen LogP contribution in [-0.2, 0) is 0 Å². The fourth-order valence-corrected chi connectivity index (χ4v) is 1.36. The number of aliphatic imine (C=N–C) groups is 1. The quantitative estimate of drug-likeness (QED) is 0.632. The highest BCUT2D eigenvalue weighted by molar-refractivity contribution is 5.97. The molecule has 0 spiro atoms. The van der Waals surface area contributed by atoms with E-state index in [2.05, 4.69) is 15.0 Å². The molecule has 104 valence electrons. The Morgan fingerprint density at radius 3 is 2.32 bits per heavy atom. The predicted molar refractivity (Wildman–Crippen MR) is 83.6 cm³/mol. The number of nitrogens with two attached hydrogens (primary N) is 1. The molecule has 0 aromatic carbocycles. The summed E-state index contributed by atoms with van der Waals surface area (Å²) < 4.78 is 0. The van der Waals surface area contributed by atoms with Crippen LogP contribution in [0.3, 0.4) is 0 Å². The molecule has 2 heterocycles. The fraction of sp³-hybridized carbons (Fsp3) is 0.400. The maximum atomic E-state index is 5.69. The third-order valence-corrected chi connectivity index (χ3v) is 2.18. The van der Waals surface area contributed by atoms with Gasteiger partial charge in [-0.1, -0.05) is 27.7 Å².